The van der Waals surface area contributed by atoms with Crippen molar-refractivity contribution >= 4 is 22.6 Å². The first-order valence-corrected chi connectivity index (χ1v) is 7.31. The van der Waals surface area contributed by atoms with Crippen molar-refractivity contribution in [1.82, 2.24) is 9.55 Å². The van der Waals surface area contributed by atoms with Crippen LogP contribution in [0.15, 0.2) is 42.7 Å². The fraction of sp³-hybridized carbons (Fsp3) is 0.176. The maximum atomic E-state index is 13.4. The molecule has 6 heteroatoms. The summed E-state index contributed by atoms with van der Waals surface area (Å²) in [6.07, 6.45) is 2.26. The van der Waals surface area contributed by atoms with Gasteiger partial charge in [0.05, 0.1) is 17.4 Å². The lowest BCUT2D eigenvalue weighted by Crippen LogP contribution is -2.32. The van der Waals surface area contributed by atoms with E-state index in [1.54, 1.807) is 9.47 Å². The van der Waals surface area contributed by atoms with E-state index < -0.39 is 11.6 Å². The van der Waals surface area contributed by atoms with Gasteiger partial charge < -0.3 is 9.47 Å². The molecular formula is C17H13F2N3O. The van der Waals surface area contributed by atoms with Gasteiger partial charge >= 0.3 is 0 Å². The molecule has 0 spiro atoms. The minimum absolute atomic E-state index is 0.0376. The highest BCUT2D eigenvalue weighted by Gasteiger charge is 2.24. The summed E-state index contributed by atoms with van der Waals surface area (Å²) in [5, 5.41) is 0. The van der Waals surface area contributed by atoms with E-state index in [2.05, 4.69) is 4.98 Å². The van der Waals surface area contributed by atoms with Crippen molar-refractivity contribution in [3.63, 3.8) is 0 Å². The minimum Gasteiger partial charge on any atom is -0.321 e. The Morgan fingerprint density at radius 3 is 2.83 bits per heavy atom. The van der Waals surface area contributed by atoms with Crippen LogP contribution in [0.5, 0.6) is 0 Å². The Bertz CT molecular complexity index is 919. The number of carbonyl (C=O) groups excluding carboxylic acids is 1. The van der Waals surface area contributed by atoms with Crippen LogP contribution in [0.2, 0.25) is 0 Å². The molecule has 1 amide bonds. The van der Waals surface area contributed by atoms with Gasteiger partial charge in [-0.1, -0.05) is 18.2 Å². The van der Waals surface area contributed by atoms with Gasteiger partial charge in [-0.3, -0.25) is 4.79 Å². The second kappa shape index (κ2) is 5.15. The third-order valence-electron chi connectivity index (χ3n) is 4.16. The number of aromatic nitrogens is 2. The number of hydrogen-bond donors (Lipinski definition) is 0. The van der Waals surface area contributed by atoms with Gasteiger partial charge in [0.1, 0.15) is 6.54 Å². The third-order valence-corrected chi connectivity index (χ3v) is 4.16. The van der Waals surface area contributed by atoms with E-state index in [0.29, 0.717) is 17.6 Å². The summed E-state index contributed by atoms with van der Waals surface area (Å²) in [4.78, 5) is 18.3. The first-order valence-electron chi connectivity index (χ1n) is 7.31. The number of benzene rings is 2. The highest BCUT2D eigenvalue weighted by Crippen LogP contribution is 2.28. The molecule has 0 unspecified atom stereocenters. The van der Waals surface area contributed by atoms with Gasteiger partial charge in [-0.2, -0.15) is 0 Å². The first kappa shape index (κ1) is 13.9. The van der Waals surface area contributed by atoms with Crippen LogP contribution in [0.1, 0.15) is 5.56 Å². The number of fused-ring (bicyclic) bond motifs is 2. The van der Waals surface area contributed by atoms with E-state index in [4.69, 9.17) is 0 Å². The summed E-state index contributed by atoms with van der Waals surface area (Å²) < 4.78 is 28.2. The van der Waals surface area contributed by atoms with Crippen molar-refractivity contribution in [2.75, 3.05) is 11.4 Å². The van der Waals surface area contributed by atoms with E-state index in [1.807, 2.05) is 24.3 Å². The normalized spacial score (nSPS) is 13.6. The monoisotopic (exact) mass is 313 g/mol. The van der Waals surface area contributed by atoms with Crippen LogP contribution in [0, 0.1) is 11.6 Å². The van der Waals surface area contributed by atoms with Crippen LogP contribution in [0.25, 0.3) is 11.0 Å². The molecule has 0 N–H and O–H groups in total. The Hall–Kier alpha value is -2.76. The van der Waals surface area contributed by atoms with Crippen molar-refractivity contribution in [1.29, 1.82) is 0 Å². The number of para-hydroxylation sites is 1. The van der Waals surface area contributed by atoms with Crippen molar-refractivity contribution in [2.45, 2.75) is 13.0 Å². The van der Waals surface area contributed by atoms with Gasteiger partial charge in [-0.25, -0.2) is 13.8 Å². The fourth-order valence-corrected chi connectivity index (χ4v) is 3.01. The van der Waals surface area contributed by atoms with E-state index in [-0.39, 0.29) is 12.5 Å². The molecule has 4 nitrogen and oxygen atoms in total. The number of hydrogen-bond acceptors (Lipinski definition) is 2. The topological polar surface area (TPSA) is 38.1 Å². The molecule has 0 bridgehead atoms. The molecule has 0 fully saturated rings. The van der Waals surface area contributed by atoms with Gasteiger partial charge in [0.15, 0.2) is 11.6 Å². The van der Waals surface area contributed by atoms with Gasteiger partial charge in [0.25, 0.3) is 0 Å². The zero-order chi connectivity index (χ0) is 16.0. The third kappa shape index (κ3) is 2.27. The predicted molar refractivity (Wildman–Crippen MR) is 82.1 cm³/mol. The number of rotatable bonds is 2. The van der Waals surface area contributed by atoms with Crippen molar-refractivity contribution in [3.05, 3.63) is 59.9 Å². The molecule has 1 aliphatic heterocycles. The van der Waals surface area contributed by atoms with Crippen molar-refractivity contribution in [3.8, 4) is 0 Å². The summed E-state index contributed by atoms with van der Waals surface area (Å²) >= 11 is 0. The molecular weight excluding hydrogens is 300 g/mol. The zero-order valence-corrected chi connectivity index (χ0v) is 12.2. The van der Waals surface area contributed by atoms with Crippen LogP contribution in [0.4, 0.5) is 14.5 Å². The average molecular weight is 313 g/mol. The Labute approximate surface area is 131 Å². The molecule has 116 valence electrons. The minimum atomic E-state index is -0.946. The standard InChI is InChI=1S/C17H13F2N3O/c18-12-7-14-16(8-13(12)19)21(10-20-14)9-17(23)22-6-5-11-3-1-2-4-15(11)22/h1-4,7-8,10H,5-6,9H2. The lowest BCUT2D eigenvalue weighted by atomic mass is 10.2. The second-order valence-electron chi connectivity index (χ2n) is 5.55. The lowest BCUT2D eigenvalue weighted by Gasteiger charge is -2.17. The molecule has 0 radical (unpaired) electrons. The number of imidazole rings is 1. The second-order valence-corrected chi connectivity index (χ2v) is 5.55. The van der Waals surface area contributed by atoms with Gasteiger partial charge in [0, 0.05) is 24.4 Å². The van der Waals surface area contributed by atoms with Crippen LogP contribution in [-0.2, 0) is 17.8 Å². The van der Waals surface area contributed by atoms with Gasteiger partial charge in [-0.05, 0) is 18.1 Å². The number of amides is 1. The molecule has 2 aromatic carbocycles. The highest BCUT2D eigenvalue weighted by atomic mass is 19.2. The zero-order valence-electron chi connectivity index (χ0n) is 12.2. The Balaban J connectivity index is 1.64. The van der Waals surface area contributed by atoms with Gasteiger partial charge in [0.2, 0.25) is 5.91 Å². The molecule has 1 aliphatic rings. The van der Waals surface area contributed by atoms with Crippen molar-refractivity contribution < 1.29 is 13.6 Å². The molecule has 0 aliphatic carbocycles. The average Bonchev–Trinajstić information content (AvgIpc) is 3.13. The largest absolute Gasteiger partial charge is 0.321 e. The Kier molecular flexibility index (Phi) is 3.11. The van der Waals surface area contributed by atoms with Crippen molar-refractivity contribution in [2.24, 2.45) is 0 Å². The maximum Gasteiger partial charge on any atom is 0.246 e. The van der Waals surface area contributed by atoms with Gasteiger partial charge in [-0.15, -0.1) is 0 Å². The van der Waals surface area contributed by atoms with E-state index in [9.17, 15) is 13.6 Å². The fourth-order valence-electron chi connectivity index (χ4n) is 3.01. The molecule has 0 saturated carbocycles. The molecule has 2 heterocycles. The summed E-state index contributed by atoms with van der Waals surface area (Å²) in [5.74, 6) is -1.99. The SMILES string of the molecule is O=C(Cn1cnc2cc(F)c(F)cc21)N1CCc2ccccc21. The van der Waals surface area contributed by atoms with E-state index in [0.717, 1.165) is 29.8 Å². The number of anilines is 1. The lowest BCUT2D eigenvalue weighted by molar-refractivity contribution is -0.119. The summed E-state index contributed by atoms with van der Waals surface area (Å²) in [6.45, 7) is 0.670. The van der Waals surface area contributed by atoms with E-state index >= 15 is 0 Å². The molecule has 0 atom stereocenters. The molecule has 3 aromatic rings. The van der Waals surface area contributed by atoms with Crippen LogP contribution in [-0.4, -0.2) is 22.0 Å². The number of nitrogens with zero attached hydrogens (tertiary/aromatic N) is 3. The van der Waals surface area contributed by atoms with Crippen LogP contribution >= 0.6 is 0 Å². The molecule has 0 saturated heterocycles. The Morgan fingerprint density at radius 1 is 1.17 bits per heavy atom. The summed E-state index contributed by atoms with van der Waals surface area (Å²) in [6, 6.07) is 9.89. The number of halogens is 2. The Morgan fingerprint density at radius 2 is 1.96 bits per heavy atom. The highest BCUT2D eigenvalue weighted by molar-refractivity contribution is 5.96. The quantitative estimate of drug-likeness (QED) is 0.729. The predicted octanol–water partition coefficient (Wildman–Crippen LogP) is 2.90. The van der Waals surface area contributed by atoms with Crippen LogP contribution < -0.4 is 4.90 Å². The smallest absolute Gasteiger partial charge is 0.246 e. The molecule has 4 rings (SSSR count). The molecule has 1 aromatic heterocycles. The van der Waals surface area contributed by atoms with Crippen LogP contribution in [0.3, 0.4) is 0 Å². The molecule has 23 heavy (non-hydrogen) atoms. The maximum absolute atomic E-state index is 13.4. The summed E-state index contributed by atoms with van der Waals surface area (Å²) in [5.41, 5.74) is 2.80. The first-order chi connectivity index (χ1) is 11.1. The van der Waals surface area contributed by atoms with E-state index in [1.165, 1.54) is 6.33 Å². The number of carbonyl (C=O) groups is 1. The summed E-state index contributed by atoms with van der Waals surface area (Å²) in [7, 11) is 0.